The largest absolute Gasteiger partial charge is 0.456 e. The maximum absolute atomic E-state index is 6.17. The molecule has 0 spiro atoms. The van der Waals surface area contributed by atoms with Crippen LogP contribution in [0.4, 0.5) is 0 Å². The van der Waals surface area contributed by atoms with Gasteiger partial charge in [-0.2, -0.15) is 0 Å². The Labute approximate surface area is 272 Å². The maximum Gasteiger partial charge on any atom is 0.135 e. The fourth-order valence-corrected chi connectivity index (χ4v) is 8.98. The molecular formula is C44H24O2S. The van der Waals surface area contributed by atoms with Crippen LogP contribution in [0.2, 0.25) is 0 Å². The summed E-state index contributed by atoms with van der Waals surface area (Å²) in [6.45, 7) is 0. The second kappa shape index (κ2) is 9.32. The zero-order valence-electron chi connectivity index (χ0n) is 25.1. The highest BCUT2D eigenvalue weighted by atomic mass is 32.1. The lowest BCUT2D eigenvalue weighted by Gasteiger charge is -2.11. The first-order valence-electron chi connectivity index (χ1n) is 15.9. The van der Waals surface area contributed by atoms with Crippen molar-refractivity contribution in [2.75, 3.05) is 0 Å². The van der Waals surface area contributed by atoms with E-state index >= 15 is 0 Å². The molecule has 0 unspecified atom stereocenters. The first-order valence-corrected chi connectivity index (χ1v) is 16.7. The van der Waals surface area contributed by atoms with Gasteiger partial charge in [0.2, 0.25) is 0 Å². The summed E-state index contributed by atoms with van der Waals surface area (Å²) in [5, 5.41) is 12.4. The lowest BCUT2D eigenvalue weighted by molar-refractivity contribution is 0.668. The van der Waals surface area contributed by atoms with Gasteiger partial charge in [-0.15, -0.1) is 11.3 Å². The molecule has 11 rings (SSSR count). The Morgan fingerprint density at radius 3 is 1.17 bits per heavy atom. The van der Waals surface area contributed by atoms with E-state index in [1.165, 1.54) is 64.0 Å². The second-order valence-corrected chi connectivity index (χ2v) is 13.5. The summed E-state index contributed by atoms with van der Waals surface area (Å²) in [6.07, 6.45) is 0. The van der Waals surface area contributed by atoms with E-state index in [0.717, 1.165) is 43.9 Å². The fourth-order valence-electron chi connectivity index (χ4n) is 7.76. The van der Waals surface area contributed by atoms with Gasteiger partial charge in [-0.3, -0.25) is 0 Å². The lowest BCUT2D eigenvalue weighted by atomic mass is 9.91. The molecule has 218 valence electrons. The van der Waals surface area contributed by atoms with Crippen LogP contribution in [-0.2, 0) is 0 Å². The summed E-state index contributed by atoms with van der Waals surface area (Å²) in [6, 6.07) is 52.4. The number of hydrogen-bond acceptors (Lipinski definition) is 3. The van der Waals surface area contributed by atoms with Crippen molar-refractivity contribution >= 4 is 96.9 Å². The molecule has 0 fully saturated rings. The van der Waals surface area contributed by atoms with Crippen molar-refractivity contribution in [2.45, 2.75) is 0 Å². The Morgan fingerprint density at radius 1 is 0.319 bits per heavy atom. The molecule has 0 radical (unpaired) electrons. The van der Waals surface area contributed by atoms with Gasteiger partial charge in [0.25, 0.3) is 0 Å². The summed E-state index contributed by atoms with van der Waals surface area (Å²) in [7, 11) is 0. The zero-order valence-corrected chi connectivity index (χ0v) is 25.9. The molecular weight excluding hydrogens is 593 g/mol. The van der Waals surface area contributed by atoms with Crippen LogP contribution in [0.15, 0.2) is 154 Å². The summed E-state index contributed by atoms with van der Waals surface area (Å²) in [5.41, 5.74) is 8.57. The van der Waals surface area contributed by atoms with Crippen LogP contribution in [0.3, 0.4) is 0 Å². The maximum atomic E-state index is 6.17. The Morgan fingerprint density at radius 2 is 0.702 bits per heavy atom. The van der Waals surface area contributed by atoms with E-state index in [0.29, 0.717) is 0 Å². The molecule has 0 aliphatic heterocycles. The van der Waals surface area contributed by atoms with Gasteiger partial charge in [0.15, 0.2) is 0 Å². The monoisotopic (exact) mass is 616 g/mol. The average molecular weight is 617 g/mol. The van der Waals surface area contributed by atoms with E-state index < -0.39 is 0 Å². The summed E-state index contributed by atoms with van der Waals surface area (Å²) in [5.74, 6) is 0. The Balaban J connectivity index is 1.20. The molecule has 3 heteroatoms. The van der Waals surface area contributed by atoms with Crippen molar-refractivity contribution < 1.29 is 8.83 Å². The van der Waals surface area contributed by atoms with Crippen LogP contribution in [0.1, 0.15) is 0 Å². The third-order valence-corrected chi connectivity index (χ3v) is 10.9. The minimum atomic E-state index is 0.919. The van der Waals surface area contributed by atoms with Crippen molar-refractivity contribution in [3.63, 3.8) is 0 Å². The van der Waals surface area contributed by atoms with Crippen LogP contribution in [0.25, 0.3) is 108 Å². The molecule has 3 heterocycles. The number of hydrogen-bond donors (Lipinski definition) is 0. The van der Waals surface area contributed by atoms with Gasteiger partial charge in [0.1, 0.15) is 22.3 Å². The molecule has 0 saturated carbocycles. The molecule has 0 saturated heterocycles. The van der Waals surface area contributed by atoms with Gasteiger partial charge in [-0.25, -0.2) is 0 Å². The Hall–Kier alpha value is -5.90. The average Bonchev–Trinajstić information content (AvgIpc) is 3.81. The van der Waals surface area contributed by atoms with Crippen molar-refractivity contribution in [2.24, 2.45) is 0 Å². The number of para-hydroxylation sites is 2. The normalized spacial score (nSPS) is 12.3. The number of furan rings is 2. The van der Waals surface area contributed by atoms with Crippen molar-refractivity contribution in [1.29, 1.82) is 0 Å². The quantitative estimate of drug-likeness (QED) is 0.193. The van der Waals surface area contributed by atoms with Gasteiger partial charge < -0.3 is 8.83 Å². The summed E-state index contributed by atoms with van der Waals surface area (Å²) < 4.78 is 14.9. The highest BCUT2D eigenvalue weighted by Crippen LogP contribution is 2.48. The first kappa shape index (κ1) is 25.3. The van der Waals surface area contributed by atoms with Gasteiger partial charge in [-0.1, -0.05) is 97.1 Å². The number of fused-ring (bicyclic) bond motifs is 13. The van der Waals surface area contributed by atoms with Gasteiger partial charge >= 0.3 is 0 Å². The molecule has 0 aliphatic carbocycles. The predicted octanol–water partition coefficient (Wildman–Crippen LogP) is 13.5. The molecule has 0 bridgehead atoms. The molecule has 0 aliphatic rings. The molecule has 0 atom stereocenters. The Kier molecular flexibility index (Phi) is 5.02. The van der Waals surface area contributed by atoms with E-state index in [9.17, 15) is 0 Å². The van der Waals surface area contributed by atoms with Gasteiger partial charge in [0.05, 0.1) is 0 Å². The molecule has 8 aromatic carbocycles. The van der Waals surface area contributed by atoms with E-state index in [2.05, 4.69) is 121 Å². The standard InChI is InChI=1S/C44H24O2S/c1-3-13-31-27(9-1)33(25-17-19-39-35(21-25)29-11-5-7-15-37(29)45-39)23-41-43(31)44-32-14-4-2-10-28(32)34(24-42(44)47-41)26-18-20-40-36(22-26)30-12-6-8-16-38(30)46-40/h1-24H. The topological polar surface area (TPSA) is 26.3 Å². The molecule has 0 amide bonds. The number of benzene rings is 8. The van der Waals surface area contributed by atoms with E-state index in [1.54, 1.807) is 0 Å². The van der Waals surface area contributed by atoms with E-state index in [4.69, 9.17) is 8.83 Å². The molecule has 3 aromatic heterocycles. The predicted molar refractivity (Wildman–Crippen MR) is 200 cm³/mol. The minimum Gasteiger partial charge on any atom is -0.456 e. The van der Waals surface area contributed by atoms with Crippen LogP contribution < -0.4 is 0 Å². The fraction of sp³-hybridized carbons (Fsp3) is 0. The minimum absolute atomic E-state index is 0.919. The van der Waals surface area contributed by atoms with Crippen molar-refractivity contribution in [3.8, 4) is 22.3 Å². The first-order chi connectivity index (χ1) is 23.3. The zero-order chi connectivity index (χ0) is 30.6. The third-order valence-electron chi connectivity index (χ3n) is 9.86. The lowest BCUT2D eigenvalue weighted by Crippen LogP contribution is -1.85. The number of rotatable bonds is 2. The second-order valence-electron chi connectivity index (χ2n) is 12.4. The summed E-state index contributed by atoms with van der Waals surface area (Å²) >= 11 is 1.89. The van der Waals surface area contributed by atoms with Crippen LogP contribution >= 0.6 is 11.3 Å². The molecule has 0 N–H and O–H groups in total. The van der Waals surface area contributed by atoms with Gasteiger partial charge in [-0.05, 0) is 92.3 Å². The summed E-state index contributed by atoms with van der Waals surface area (Å²) in [4.78, 5) is 0. The van der Waals surface area contributed by atoms with Crippen molar-refractivity contribution in [3.05, 3.63) is 146 Å². The van der Waals surface area contributed by atoms with Crippen LogP contribution in [0.5, 0.6) is 0 Å². The SMILES string of the molecule is c1ccc2c(c1)oc1ccc(-c3cc4sc5cc(-c6ccc7oc8ccccc8c7c6)c6ccccc6c5c4c4ccccc34)cc12. The molecule has 47 heavy (non-hydrogen) atoms. The smallest absolute Gasteiger partial charge is 0.135 e. The molecule has 11 aromatic rings. The van der Waals surface area contributed by atoms with E-state index in [-0.39, 0.29) is 0 Å². The highest BCUT2D eigenvalue weighted by Gasteiger charge is 2.19. The third kappa shape index (κ3) is 3.55. The van der Waals surface area contributed by atoms with Gasteiger partial charge in [0, 0.05) is 41.7 Å². The van der Waals surface area contributed by atoms with E-state index in [1.807, 2.05) is 35.6 Å². The van der Waals surface area contributed by atoms with Crippen LogP contribution in [-0.4, -0.2) is 0 Å². The van der Waals surface area contributed by atoms with Crippen molar-refractivity contribution in [1.82, 2.24) is 0 Å². The Bertz CT molecular complexity index is 2870. The number of thiophene rings is 1. The highest BCUT2D eigenvalue weighted by molar-refractivity contribution is 7.26. The molecule has 2 nitrogen and oxygen atoms in total. The van der Waals surface area contributed by atoms with Crippen LogP contribution in [0, 0.1) is 0 Å².